The van der Waals surface area contributed by atoms with Gasteiger partial charge in [-0.2, -0.15) is 25.3 Å². The Balaban J connectivity index is 1.50. The molecule has 0 unspecified atom stereocenters. The monoisotopic (exact) mass is 558 g/mol. The molecule has 0 N–H and O–H groups in total. The van der Waals surface area contributed by atoms with Crippen LogP contribution in [0.4, 0.5) is 0 Å². The summed E-state index contributed by atoms with van der Waals surface area (Å²) >= 11 is 8.57. The fourth-order valence-corrected chi connectivity index (χ4v) is 5.69. The van der Waals surface area contributed by atoms with Gasteiger partial charge in [0.25, 0.3) is 0 Å². The van der Waals surface area contributed by atoms with Gasteiger partial charge in [0.2, 0.25) is 0 Å². The van der Waals surface area contributed by atoms with Gasteiger partial charge in [0, 0.05) is 37.1 Å². The van der Waals surface area contributed by atoms with Crippen LogP contribution >= 0.6 is 25.3 Å². The highest BCUT2D eigenvalue weighted by Gasteiger charge is 2.06. The molecule has 0 spiro atoms. The minimum absolute atomic E-state index is 1.05. The maximum Gasteiger partial charge on any atom is 0.169 e. The molecule has 0 amide bonds. The van der Waals surface area contributed by atoms with E-state index in [9.17, 15) is 0 Å². The van der Waals surface area contributed by atoms with Gasteiger partial charge in [0.15, 0.2) is 24.8 Å². The van der Waals surface area contributed by atoms with Crippen LogP contribution in [0.2, 0.25) is 0 Å². The number of hydrogen-bond donors (Lipinski definition) is 2. The smallest absolute Gasteiger partial charge is 0.169 e. The predicted molar refractivity (Wildman–Crippen MR) is 172 cm³/mol. The van der Waals surface area contributed by atoms with Crippen LogP contribution in [0, 0.1) is 0 Å². The molecule has 0 saturated heterocycles. The van der Waals surface area contributed by atoms with E-state index in [4.69, 9.17) is 0 Å². The molecule has 0 aliphatic carbocycles. The molecule has 2 nitrogen and oxygen atoms in total. The maximum absolute atomic E-state index is 4.29. The number of pyridine rings is 2. The third-order valence-electron chi connectivity index (χ3n) is 7.76. The molecule has 0 radical (unpaired) electrons. The summed E-state index contributed by atoms with van der Waals surface area (Å²) in [5.41, 5.74) is 2.63. The van der Waals surface area contributed by atoms with E-state index >= 15 is 0 Å². The first-order chi connectivity index (χ1) is 18.8. The molecule has 2 rings (SSSR count). The van der Waals surface area contributed by atoms with Crippen molar-refractivity contribution in [2.75, 3.05) is 11.5 Å². The zero-order valence-electron chi connectivity index (χ0n) is 24.4. The average Bonchev–Trinajstić information content (AvgIpc) is 2.95. The van der Waals surface area contributed by atoms with Gasteiger partial charge in [-0.25, -0.2) is 9.13 Å². The zero-order valence-corrected chi connectivity index (χ0v) is 26.2. The summed E-state index contributed by atoms with van der Waals surface area (Å²) in [4.78, 5) is 0. The lowest BCUT2D eigenvalue weighted by atomic mass is 10.1. The molecule has 0 saturated carbocycles. The molecule has 2 heterocycles. The molecular formula is C34H58N2S2+2. The molecule has 0 aromatic carbocycles. The van der Waals surface area contributed by atoms with E-state index in [1.165, 1.54) is 140 Å². The number of aryl methyl sites for hydroxylation is 2. The molecule has 0 fully saturated rings. The lowest BCUT2D eigenvalue weighted by Gasteiger charge is -2.03. The largest absolute Gasteiger partial charge is 0.205 e. The molecular weight excluding hydrogens is 501 g/mol. The van der Waals surface area contributed by atoms with Crippen molar-refractivity contribution in [1.29, 1.82) is 0 Å². The Bertz CT molecular complexity index is 709. The number of aromatic nitrogens is 2. The van der Waals surface area contributed by atoms with Gasteiger partial charge in [-0.05, 0) is 48.3 Å². The molecule has 38 heavy (non-hydrogen) atoms. The van der Waals surface area contributed by atoms with E-state index in [2.05, 4.69) is 83.4 Å². The van der Waals surface area contributed by atoms with Crippen molar-refractivity contribution in [3.05, 3.63) is 49.1 Å². The van der Waals surface area contributed by atoms with Gasteiger partial charge in [-0.15, -0.1) is 0 Å². The second-order valence-corrected chi connectivity index (χ2v) is 12.1. The predicted octanol–water partition coefficient (Wildman–Crippen LogP) is 9.59. The maximum atomic E-state index is 4.29. The Morgan fingerprint density at radius 3 is 0.842 bits per heavy atom. The van der Waals surface area contributed by atoms with Gasteiger partial charge >= 0.3 is 0 Å². The Hall–Kier alpha value is -1.00. The molecule has 0 atom stereocenters. The Morgan fingerprint density at radius 1 is 0.342 bits per heavy atom. The van der Waals surface area contributed by atoms with Crippen molar-refractivity contribution in [1.82, 2.24) is 0 Å². The van der Waals surface area contributed by atoms with Crippen LogP contribution in [0.1, 0.15) is 128 Å². The lowest BCUT2D eigenvalue weighted by Crippen LogP contribution is -2.33. The highest BCUT2D eigenvalue weighted by Crippen LogP contribution is 2.16. The fraction of sp³-hybridized carbons (Fsp3) is 0.706. The summed E-state index contributed by atoms with van der Waals surface area (Å²) < 4.78 is 4.69. The van der Waals surface area contributed by atoms with Crippen molar-refractivity contribution < 1.29 is 9.13 Å². The summed E-state index contributed by atoms with van der Waals surface area (Å²) in [5.74, 6) is 2.09. The molecule has 0 aliphatic rings. The summed E-state index contributed by atoms with van der Waals surface area (Å²) in [5, 5.41) is 0. The summed E-state index contributed by atoms with van der Waals surface area (Å²) in [7, 11) is 0. The van der Waals surface area contributed by atoms with Crippen LogP contribution < -0.4 is 9.13 Å². The van der Waals surface area contributed by atoms with Crippen LogP contribution in [-0.2, 0) is 13.1 Å². The van der Waals surface area contributed by atoms with Gasteiger partial charge in [-0.3, -0.25) is 0 Å². The first-order valence-electron chi connectivity index (χ1n) is 16.0. The molecule has 2 aromatic rings. The minimum Gasteiger partial charge on any atom is -0.205 e. The first-order valence-corrected chi connectivity index (χ1v) is 17.3. The zero-order chi connectivity index (χ0) is 26.9. The van der Waals surface area contributed by atoms with Crippen molar-refractivity contribution in [2.24, 2.45) is 0 Å². The average molecular weight is 559 g/mol. The van der Waals surface area contributed by atoms with Gasteiger partial charge < -0.3 is 0 Å². The summed E-state index contributed by atoms with van der Waals surface area (Å²) in [6.07, 6.45) is 36.4. The minimum atomic E-state index is 1.05. The fourth-order valence-electron chi connectivity index (χ4n) is 5.24. The summed E-state index contributed by atoms with van der Waals surface area (Å²) in [6, 6.07) is 9.09. The number of hydrogen-bond acceptors (Lipinski definition) is 2. The first kappa shape index (κ1) is 33.2. The van der Waals surface area contributed by atoms with Gasteiger partial charge in [-0.1, -0.05) is 89.9 Å². The van der Waals surface area contributed by atoms with E-state index in [0.29, 0.717) is 0 Å². The third-order valence-corrected chi connectivity index (χ3v) is 8.40. The number of rotatable bonds is 25. The van der Waals surface area contributed by atoms with Crippen LogP contribution in [-0.4, -0.2) is 11.5 Å². The molecule has 0 bridgehead atoms. The number of unbranched alkanes of at least 4 members (excludes halogenated alkanes) is 18. The van der Waals surface area contributed by atoms with E-state index < -0.39 is 0 Å². The normalized spacial score (nSPS) is 11.3. The highest BCUT2D eigenvalue weighted by atomic mass is 32.1. The molecule has 2 aromatic heterocycles. The van der Waals surface area contributed by atoms with Crippen molar-refractivity contribution >= 4 is 25.3 Å². The number of nitrogens with zero attached hydrogens (tertiary/aromatic N) is 2. The quantitative estimate of drug-likeness (QED) is 0.0681. The Morgan fingerprint density at radius 2 is 0.579 bits per heavy atom. The second kappa shape index (κ2) is 23.9. The summed E-state index contributed by atoms with van der Waals surface area (Å²) in [6.45, 7) is 2.27. The van der Waals surface area contributed by atoms with Crippen LogP contribution in [0.25, 0.3) is 11.1 Å². The molecule has 214 valence electrons. The third kappa shape index (κ3) is 16.9. The van der Waals surface area contributed by atoms with Crippen molar-refractivity contribution in [3.8, 4) is 11.1 Å². The topological polar surface area (TPSA) is 7.76 Å². The van der Waals surface area contributed by atoms with Gasteiger partial charge in [0.05, 0.1) is 0 Å². The Kier molecular flexibility index (Phi) is 20.8. The highest BCUT2D eigenvalue weighted by molar-refractivity contribution is 7.80. The lowest BCUT2D eigenvalue weighted by molar-refractivity contribution is -0.697. The van der Waals surface area contributed by atoms with E-state index in [-0.39, 0.29) is 0 Å². The van der Waals surface area contributed by atoms with E-state index in [1.54, 1.807) is 0 Å². The standard InChI is InChI=1S/C34H56N2S2/c37-31-19-15-11-7-3-1-5-9-13-17-25-35-27-21-33(22-28-35)34-23-29-36(30-24-34)26-18-14-10-6-2-4-8-12-16-20-32-38/h21-24,27-30H,1-20,25-26,31-32H2/p+2. The van der Waals surface area contributed by atoms with E-state index in [0.717, 1.165) is 24.6 Å². The van der Waals surface area contributed by atoms with E-state index in [1.807, 2.05) is 0 Å². The second-order valence-electron chi connectivity index (χ2n) is 11.2. The van der Waals surface area contributed by atoms with Crippen molar-refractivity contribution in [2.45, 2.75) is 142 Å². The molecule has 0 aliphatic heterocycles. The van der Waals surface area contributed by atoms with Crippen LogP contribution in [0.15, 0.2) is 49.1 Å². The van der Waals surface area contributed by atoms with Crippen LogP contribution in [0.5, 0.6) is 0 Å². The molecule has 4 heteroatoms. The number of thiol groups is 2. The Labute approximate surface area is 246 Å². The van der Waals surface area contributed by atoms with Gasteiger partial charge in [0.1, 0.15) is 13.1 Å². The van der Waals surface area contributed by atoms with Crippen molar-refractivity contribution in [3.63, 3.8) is 0 Å². The van der Waals surface area contributed by atoms with Crippen LogP contribution in [0.3, 0.4) is 0 Å². The SMILES string of the molecule is SCCCCCCCCCCCC[n+]1ccc(-c2cc[n+](CCCCCCCCCCCCS)cc2)cc1.